The van der Waals surface area contributed by atoms with Gasteiger partial charge in [0.25, 0.3) is 5.91 Å². The van der Waals surface area contributed by atoms with Crippen LogP contribution in [0.3, 0.4) is 0 Å². The molecule has 1 aliphatic rings. The summed E-state index contributed by atoms with van der Waals surface area (Å²) in [5.74, 6) is 0.799. The van der Waals surface area contributed by atoms with E-state index in [-0.39, 0.29) is 11.6 Å². The lowest BCUT2D eigenvalue weighted by molar-refractivity contribution is 0.0744. The third-order valence-corrected chi connectivity index (χ3v) is 5.62. The van der Waals surface area contributed by atoms with Gasteiger partial charge in [-0.3, -0.25) is 4.79 Å². The number of hydrogen-bond donors (Lipinski definition) is 0. The molecule has 0 N–H and O–H groups in total. The molecule has 6 nitrogen and oxygen atoms in total. The maximum atomic E-state index is 12.8. The molecule has 2 heterocycles. The minimum Gasteiger partial charge on any atom is -0.420 e. The zero-order valence-electron chi connectivity index (χ0n) is 17.1. The summed E-state index contributed by atoms with van der Waals surface area (Å²) in [6, 6.07) is 17.1. The van der Waals surface area contributed by atoms with Gasteiger partial charge in [-0.25, -0.2) is 0 Å². The summed E-state index contributed by atoms with van der Waals surface area (Å²) >= 11 is 6.17. The van der Waals surface area contributed by atoms with Crippen LogP contribution in [0.1, 0.15) is 33.1 Å². The van der Waals surface area contributed by atoms with Crippen LogP contribution in [-0.2, 0) is 0 Å². The number of halogens is 1. The summed E-state index contributed by atoms with van der Waals surface area (Å²) in [7, 11) is 0. The van der Waals surface area contributed by atoms with Gasteiger partial charge in [0, 0.05) is 42.8 Å². The van der Waals surface area contributed by atoms with Gasteiger partial charge < -0.3 is 14.2 Å². The molecule has 0 bridgehead atoms. The molecule has 3 aromatic rings. The van der Waals surface area contributed by atoms with Crippen molar-refractivity contribution < 1.29 is 9.21 Å². The van der Waals surface area contributed by atoms with E-state index in [9.17, 15) is 10.1 Å². The molecule has 0 spiro atoms. The number of aromatic nitrogens is 1. The van der Waals surface area contributed by atoms with Gasteiger partial charge in [0.1, 0.15) is 6.07 Å². The average Bonchev–Trinajstić information content (AvgIpc) is 3.22. The van der Waals surface area contributed by atoms with Gasteiger partial charge in [-0.2, -0.15) is 10.2 Å². The van der Waals surface area contributed by atoms with Crippen molar-refractivity contribution in [2.45, 2.75) is 6.92 Å². The first kappa shape index (κ1) is 20.7. The molecule has 7 heteroatoms. The second-order valence-electron chi connectivity index (χ2n) is 7.27. The van der Waals surface area contributed by atoms with Gasteiger partial charge in [-0.15, -0.1) is 0 Å². The largest absolute Gasteiger partial charge is 0.420 e. The molecule has 31 heavy (non-hydrogen) atoms. The number of hydrogen-bond acceptors (Lipinski definition) is 5. The fraction of sp³-hybridized carbons (Fsp3) is 0.208. The Morgan fingerprint density at radius 2 is 1.81 bits per heavy atom. The van der Waals surface area contributed by atoms with Gasteiger partial charge in [0.05, 0.1) is 0 Å². The van der Waals surface area contributed by atoms with Crippen LogP contribution in [0.5, 0.6) is 0 Å². The van der Waals surface area contributed by atoms with E-state index in [1.807, 2.05) is 59.2 Å². The summed E-state index contributed by atoms with van der Waals surface area (Å²) in [5, 5.41) is 10.1. The third kappa shape index (κ3) is 4.47. The van der Waals surface area contributed by atoms with Crippen molar-refractivity contribution in [3.8, 4) is 6.07 Å². The zero-order chi connectivity index (χ0) is 21.8. The highest BCUT2D eigenvalue weighted by Crippen LogP contribution is 2.25. The van der Waals surface area contributed by atoms with Gasteiger partial charge in [0.2, 0.25) is 17.5 Å². The topological polar surface area (TPSA) is 73.4 Å². The number of amides is 1. The Morgan fingerprint density at radius 3 is 2.52 bits per heavy atom. The lowest BCUT2D eigenvalue weighted by atomic mass is 10.1. The van der Waals surface area contributed by atoms with Crippen LogP contribution in [0, 0.1) is 18.3 Å². The van der Waals surface area contributed by atoms with Gasteiger partial charge in [-0.1, -0.05) is 48.0 Å². The maximum absolute atomic E-state index is 12.8. The number of carbonyl (C=O) groups excluding carboxylic acids is 1. The fourth-order valence-electron chi connectivity index (χ4n) is 3.55. The van der Waals surface area contributed by atoms with Crippen molar-refractivity contribution >= 4 is 35.5 Å². The zero-order valence-corrected chi connectivity index (χ0v) is 17.8. The fourth-order valence-corrected chi connectivity index (χ4v) is 3.75. The van der Waals surface area contributed by atoms with Crippen LogP contribution in [0.2, 0.25) is 5.02 Å². The van der Waals surface area contributed by atoms with E-state index in [1.54, 1.807) is 18.2 Å². The molecule has 0 atom stereocenters. The lowest BCUT2D eigenvalue weighted by Crippen LogP contribution is -2.49. The van der Waals surface area contributed by atoms with Gasteiger partial charge >= 0.3 is 0 Å². The van der Waals surface area contributed by atoms with Crippen molar-refractivity contribution in [1.82, 2.24) is 9.88 Å². The second-order valence-corrected chi connectivity index (χ2v) is 7.67. The molecule has 156 valence electrons. The highest BCUT2D eigenvalue weighted by molar-refractivity contribution is 6.32. The van der Waals surface area contributed by atoms with Crippen molar-refractivity contribution in [2.24, 2.45) is 0 Å². The van der Waals surface area contributed by atoms with Crippen LogP contribution in [0.25, 0.3) is 12.2 Å². The maximum Gasteiger partial charge on any atom is 0.254 e. The monoisotopic (exact) mass is 432 g/mol. The van der Waals surface area contributed by atoms with Crippen molar-refractivity contribution in [3.63, 3.8) is 0 Å². The quantitative estimate of drug-likeness (QED) is 0.600. The van der Waals surface area contributed by atoms with E-state index in [4.69, 9.17) is 16.0 Å². The smallest absolute Gasteiger partial charge is 0.254 e. The average molecular weight is 433 g/mol. The predicted molar refractivity (Wildman–Crippen MR) is 121 cm³/mol. The van der Waals surface area contributed by atoms with Crippen LogP contribution >= 0.6 is 11.6 Å². The summed E-state index contributed by atoms with van der Waals surface area (Å²) in [5.41, 5.74) is 2.76. The molecule has 1 amide bonds. The van der Waals surface area contributed by atoms with Gasteiger partial charge in [0.15, 0.2) is 0 Å². The Hall–Kier alpha value is -3.56. The molecule has 0 radical (unpaired) electrons. The molecule has 1 aromatic heterocycles. The number of carbonyl (C=O) groups is 1. The third-order valence-electron chi connectivity index (χ3n) is 5.27. The summed E-state index contributed by atoms with van der Waals surface area (Å²) in [6.45, 7) is 4.16. The van der Waals surface area contributed by atoms with E-state index in [0.717, 1.165) is 16.7 Å². The number of benzene rings is 2. The number of oxazole rings is 1. The number of nitrogens with zero attached hydrogens (tertiary/aromatic N) is 4. The van der Waals surface area contributed by atoms with E-state index in [1.165, 1.54) is 0 Å². The van der Waals surface area contributed by atoms with E-state index in [0.29, 0.717) is 43.0 Å². The first-order valence-corrected chi connectivity index (χ1v) is 10.4. The van der Waals surface area contributed by atoms with Gasteiger partial charge in [-0.05, 0) is 36.3 Å². The SMILES string of the molecule is Cc1ccccc1C(=O)N1CCN(c2oc(/C=C/c3ccccc3Cl)nc2C#N)CC1. The van der Waals surface area contributed by atoms with Crippen LogP contribution in [0.15, 0.2) is 52.9 Å². The van der Waals surface area contributed by atoms with E-state index >= 15 is 0 Å². The molecule has 0 saturated carbocycles. The Labute approximate surface area is 186 Å². The highest BCUT2D eigenvalue weighted by atomic mass is 35.5. The molecule has 1 aliphatic heterocycles. The number of rotatable bonds is 4. The number of piperazine rings is 1. The van der Waals surface area contributed by atoms with Crippen molar-refractivity contribution in [2.75, 3.05) is 31.1 Å². The number of anilines is 1. The van der Waals surface area contributed by atoms with Crippen LogP contribution < -0.4 is 4.90 Å². The molecule has 4 rings (SSSR count). The Kier molecular flexibility index (Phi) is 6.06. The number of aryl methyl sites for hydroxylation is 1. The van der Waals surface area contributed by atoms with Crippen molar-refractivity contribution in [1.29, 1.82) is 5.26 Å². The summed E-state index contributed by atoms with van der Waals surface area (Å²) < 4.78 is 5.87. The van der Waals surface area contributed by atoms with E-state index in [2.05, 4.69) is 11.1 Å². The minimum absolute atomic E-state index is 0.0270. The number of nitriles is 1. The molecule has 0 aliphatic carbocycles. The van der Waals surface area contributed by atoms with E-state index < -0.39 is 0 Å². The van der Waals surface area contributed by atoms with Crippen LogP contribution in [0.4, 0.5) is 5.88 Å². The summed E-state index contributed by atoms with van der Waals surface area (Å²) in [4.78, 5) is 20.9. The van der Waals surface area contributed by atoms with Crippen LogP contribution in [-0.4, -0.2) is 42.0 Å². The molecular formula is C24H21ClN4O2. The summed E-state index contributed by atoms with van der Waals surface area (Å²) in [6.07, 6.45) is 3.50. The normalized spacial score (nSPS) is 14.1. The van der Waals surface area contributed by atoms with Crippen molar-refractivity contribution in [3.05, 3.63) is 81.8 Å². The molecule has 1 fully saturated rings. The Balaban J connectivity index is 1.46. The second kappa shape index (κ2) is 9.07. The Morgan fingerprint density at radius 1 is 1.10 bits per heavy atom. The Bertz CT molecular complexity index is 1170. The lowest BCUT2D eigenvalue weighted by Gasteiger charge is -2.34. The minimum atomic E-state index is 0.0270. The first-order valence-electron chi connectivity index (χ1n) is 10.00. The highest BCUT2D eigenvalue weighted by Gasteiger charge is 2.27. The molecule has 0 unspecified atom stereocenters. The standard InChI is InChI=1S/C24H21ClN4O2/c1-17-6-2-4-8-19(17)23(30)28-12-14-29(15-13-28)24-21(16-26)27-22(31-24)11-10-18-7-3-5-9-20(18)25/h2-11H,12-15H2,1H3/b11-10+. The molecular weight excluding hydrogens is 412 g/mol. The predicted octanol–water partition coefficient (Wildman–Crippen LogP) is 4.64. The molecule has 1 saturated heterocycles. The first-order chi connectivity index (χ1) is 15.1. The molecule has 2 aromatic carbocycles.